The molecule has 0 spiro atoms. The molecule has 2 aromatic carbocycles. The van der Waals surface area contributed by atoms with Crippen LogP contribution in [0.15, 0.2) is 59.0 Å². The Balaban J connectivity index is 1.93. The first-order valence-corrected chi connectivity index (χ1v) is 6.98. The summed E-state index contributed by atoms with van der Waals surface area (Å²) < 4.78 is 6.06. The van der Waals surface area contributed by atoms with E-state index in [1.165, 1.54) is 16.5 Å². The fourth-order valence-electron chi connectivity index (χ4n) is 2.60. The van der Waals surface area contributed by atoms with E-state index in [0.29, 0.717) is 0 Å². The molecule has 0 fully saturated rings. The van der Waals surface area contributed by atoms with Gasteiger partial charge in [0, 0.05) is 5.39 Å². The van der Waals surface area contributed by atoms with Gasteiger partial charge in [-0.1, -0.05) is 48.5 Å². The van der Waals surface area contributed by atoms with Crippen LogP contribution in [0.5, 0.6) is 0 Å². The minimum atomic E-state index is 0.198. The molecule has 0 saturated carbocycles. The van der Waals surface area contributed by atoms with E-state index in [9.17, 15) is 0 Å². The molecule has 1 N–H and O–H groups in total. The maximum atomic E-state index is 6.06. The summed E-state index contributed by atoms with van der Waals surface area (Å²) in [6.07, 6.45) is 0.927. The quantitative estimate of drug-likeness (QED) is 0.763. The summed E-state index contributed by atoms with van der Waals surface area (Å²) in [6, 6.07) is 19.1. The summed E-state index contributed by atoms with van der Waals surface area (Å²) in [5, 5.41) is 4.53. The Hall–Kier alpha value is -2.06. The standard InChI is InChI=1S/C18H19NO/c1-13-7-6-10-15-12-17(20-18(13)15)16(19-2)11-14-8-4-3-5-9-14/h3-10,12,16,19H,11H2,1-2H3. The van der Waals surface area contributed by atoms with Gasteiger partial charge in [0.05, 0.1) is 6.04 Å². The third-order valence-corrected chi connectivity index (χ3v) is 3.73. The highest BCUT2D eigenvalue weighted by atomic mass is 16.3. The lowest BCUT2D eigenvalue weighted by Crippen LogP contribution is -2.18. The molecule has 0 aliphatic rings. The number of rotatable bonds is 4. The van der Waals surface area contributed by atoms with Gasteiger partial charge in [0.25, 0.3) is 0 Å². The van der Waals surface area contributed by atoms with Crippen LogP contribution in [0, 0.1) is 6.92 Å². The van der Waals surface area contributed by atoms with Gasteiger partial charge < -0.3 is 9.73 Å². The molecule has 2 heteroatoms. The van der Waals surface area contributed by atoms with Gasteiger partial charge in [0.1, 0.15) is 11.3 Å². The lowest BCUT2D eigenvalue weighted by atomic mass is 10.0. The molecule has 1 heterocycles. The first-order valence-electron chi connectivity index (χ1n) is 6.98. The van der Waals surface area contributed by atoms with Crippen molar-refractivity contribution in [3.63, 3.8) is 0 Å². The topological polar surface area (TPSA) is 25.2 Å². The molecule has 1 aromatic heterocycles. The average Bonchev–Trinajstić information content (AvgIpc) is 2.91. The Morgan fingerprint density at radius 1 is 1.05 bits per heavy atom. The van der Waals surface area contributed by atoms with Gasteiger partial charge in [-0.2, -0.15) is 0 Å². The highest BCUT2D eigenvalue weighted by molar-refractivity contribution is 5.81. The van der Waals surface area contributed by atoms with Crippen molar-refractivity contribution in [1.29, 1.82) is 0 Å². The van der Waals surface area contributed by atoms with Crippen molar-refractivity contribution in [3.05, 3.63) is 71.5 Å². The maximum Gasteiger partial charge on any atom is 0.137 e. The molecule has 0 saturated heterocycles. The molecule has 3 rings (SSSR count). The normalized spacial score (nSPS) is 12.7. The largest absolute Gasteiger partial charge is 0.459 e. The number of nitrogens with one attached hydrogen (secondary N) is 1. The fraction of sp³-hybridized carbons (Fsp3) is 0.222. The van der Waals surface area contributed by atoms with Crippen LogP contribution in [0.1, 0.15) is 22.9 Å². The van der Waals surface area contributed by atoms with Crippen LogP contribution in [0.4, 0.5) is 0 Å². The third-order valence-electron chi connectivity index (χ3n) is 3.73. The van der Waals surface area contributed by atoms with Gasteiger partial charge in [-0.3, -0.25) is 0 Å². The molecule has 0 bridgehead atoms. The number of hydrogen-bond acceptors (Lipinski definition) is 2. The highest BCUT2D eigenvalue weighted by Crippen LogP contribution is 2.27. The third kappa shape index (κ3) is 2.47. The van der Waals surface area contributed by atoms with Crippen molar-refractivity contribution in [2.24, 2.45) is 0 Å². The van der Waals surface area contributed by atoms with Gasteiger partial charge in [-0.05, 0) is 37.6 Å². The van der Waals surface area contributed by atoms with E-state index < -0.39 is 0 Å². The highest BCUT2D eigenvalue weighted by Gasteiger charge is 2.15. The summed E-state index contributed by atoms with van der Waals surface area (Å²) in [4.78, 5) is 0. The van der Waals surface area contributed by atoms with Crippen LogP contribution in [-0.2, 0) is 6.42 Å². The van der Waals surface area contributed by atoms with Gasteiger partial charge in [-0.25, -0.2) is 0 Å². The van der Waals surface area contributed by atoms with Crippen molar-refractivity contribution in [2.75, 3.05) is 7.05 Å². The Labute approximate surface area is 119 Å². The van der Waals surface area contributed by atoms with E-state index in [4.69, 9.17) is 4.42 Å². The van der Waals surface area contributed by atoms with E-state index in [1.54, 1.807) is 0 Å². The number of fused-ring (bicyclic) bond motifs is 1. The smallest absolute Gasteiger partial charge is 0.137 e. The first kappa shape index (κ1) is 12.9. The van der Waals surface area contributed by atoms with Crippen molar-refractivity contribution in [1.82, 2.24) is 5.32 Å². The Bertz CT molecular complexity index is 700. The average molecular weight is 265 g/mol. The lowest BCUT2D eigenvalue weighted by Gasteiger charge is -2.13. The first-order chi connectivity index (χ1) is 9.78. The molecule has 2 nitrogen and oxygen atoms in total. The Kier molecular flexibility index (Phi) is 3.57. The monoisotopic (exact) mass is 265 g/mol. The van der Waals surface area contributed by atoms with E-state index >= 15 is 0 Å². The number of benzene rings is 2. The number of hydrogen-bond donors (Lipinski definition) is 1. The molecule has 102 valence electrons. The summed E-state index contributed by atoms with van der Waals surface area (Å²) >= 11 is 0. The summed E-state index contributed by atoms with van der Waals surface area (Å²) in [6.45, 7) is 2.08. The van der Waals surface area contributed by atoms with Crippen molar-refractivity contribution >= 4 is 11.0 Å². The summed E-state index contributed by atoms with van der Waals surface area (Å²) in [5.41, 5.74) is 3.49. The Morgan fingerprint density at radius 3 is 2.55 bits per heavy atom. The van der Waals surface area contributed by atoms with Gasteiger partial charge in [-0.15, -0.1) is 0 Å². The van der Waals surface area contributed by atoms with Crippen LogP contribution in [0.2, 0.25) is 0 Å². The zero-order valence-electron chi connectivity index (χ0n) is 11.9. The van der Waals surface area contributed by atoms with E-state index in [0.717, 1.165) is 17.8 Å². The zero-order valence-corrected chi connectivity index (χ0v) is 11.9. The predicted molar refractivity (Wildman–Crippen MR) is 82.9 cm³/mol. The second kappa shape index (κ2) is 5.51. The fourth-order valence-corrected chi connectivity index (χ4v) is 2.60. The summed E-state index contributed by atoms with van der Waals surface area (Å²) in [7, 11) is 1.98. The summed E-state index contributed by atoms with van der Waals surface area (Å²) in [5.74, 6) is 1.00. The van der Waals surface area contributed by atoms with Gasteiger partial charge >= 0.3 is 0 Å². The lowest BCUT2D eigenvalue weighted by molar-refractivity contribution is 0.450. The molecule has 0 radical (unpaired) electrons. The molecule has 0 aliphatic carbocycles. The molecule has 20 heavy (non-hydrogen) atoms. The number of aryl methyl sites for hydroxylation is 1. The predicted octanol–water partition coefficient (Wildman–Crippen LogP) is 4.24. The van der Waals surface area contributed by atoms with Gasteiger partial charge in [0.15, 0.2) is 0 Å². The maximum absolute atomic E-state index is 6.06. The van der Waals surface area contributed by atoms with Crippen molar-refractivity contribution in [2.45, 2.75) is 19.4 Å². The number of para-hydroxylation sites is 1. The number of likely N-dealkylation sites (N-methyl/N-ethyl adjacent to an activating group) is 1. The number of furan rings is 1. The van der Waals surface area contributed by atoms with Gasteiger partial charge in [0.2, 0.25) is 0 Å². The van der Waals surface area contributed by atoms with Crippen molar-refractivity contribution < 1.29 is 4.42 Å². The molecule has 1 unspecified atom stereocenters. The van der Waals surface area contributed by atoms with Crippen LogP contribution < -0.4 is 5.32 Å². The molecule has 0 amide bonds. The van der Waals surface area contributed by atoms with Crippen LogP contribution in [0.3, 0.4) is 0 Å². The van der Waals surface area contributed by atoms with Crippen LogP contribution in [0.25, 0.3) is 11.0 Å². The molecule has 3 aromatic rings. The second-order valence-corrected chi connectivity index (χ2v) is 5.17. The minimum absolute atomic E-state index is 0.198. The van der Waals surface area contributed by atoms with E-state index in [1.807, 2.05) is 13.1 Å². The Morgan fingerprint density at radius 2 is 1.85 bits per heavy atom. The van der Waals surface area contributed by atoms with Crippen LogP contribution in [-0.4, -0.2) is 7.05 Å². The SMILES string of the molecule is CNC(Cc1ccccc1)c1cc2cccc(C)c2o1. The molecular formula is C18H19NO. The second-order valence-electron chi connectivity index (χ2n) is 5.17. The molecule has 1 atom stereocenters. The van der Waals surface area contributed by atoms with Crippen LogP contribution >= 0.6 is 0 Å². The zero-order chi connectivity index (χ0) is 13.9. The molecule has 0 aliphatic heterocycles. The van der Waals surface area contributed by atoms with E-state index in [-0.39, 0.29) is 6.04 Å². The van der Waals surface area contributed by atoms with E-state index in [2.05, 4.69) is 60.8 Å². The molecular weight excluding hydrogens is 246 g/mol. The minimum Gasteiger partial charge on any atom is -0.459 e. The van der Waals surface area contributed by atoms with Crippen molar-refractivity contribution in [3.8, 4) is 0 Å².